The van der Waals surface area contributed by atoms with Crippen molar-refractivity contribution in [1.82, 2.24) is 15.2 Å². The summed E-state index contributed by atoms with van der Waals surface area (Å²) in [5, 5.41) is 3.70. The molecule has 0 spiro atoms. The summed E-state index contributed by atoms with van der Waals surface area (Å²) in [5.41, 5.74) is 2.26. The molecule has 5 nitrogen and oxygen atoms in total. The van der Waals surface area contributed by atoms with Gasteiger partial charge in [0.05, 0.1) is 6.54 Å². The fourth-order valence-corrected chi connectivity index (χ4v) is 5.37. The summed E-state index contributed by atoms with van der Waals surface area (Å²) in [6.45, 7) is 10.3. The van der Waals surface area contributed by atoms with Gasteiger partial charge in [-0.3, -0.25) is 4.79 Å². The molecule has 0 radical (unpaired) electrons. The van der Waals surface area contributed by atoms with E-state index in [0.29, 0.717) is 25.3 Å². The first kappa shape index (κ1) is 20.1. The fraction of sp³-hybridized carbons (Fsp3) is 0.583. The van der Waals surface area contributed by atoms with E-state index in [1.165, 1.54) is 5.56 Å². The Hall–Kier alpha value is -2.14. The molecular weight excluding hydrogens is 362 g/mol. The highest BCUT2D eigenvalue weighted by atomic mass is 16.4. The Balaban J connectivity index is 1.39. The van der Waals surface area contributed by atoms with Crippen LogP contribution in [0.4, 0.5) is 0 Å². The Morgan fingerprint density at radius 2 is 1.86 bits per heavy atom. The monoisotopic (exact) mass is 395 g/mol. The SMILES string of the molecule is CC1(C)CC(CC(=O)N2CCc3oc(Cc4ccccc4)nc3C2)CC(C)(C)N1. The molecule has 1 saturated heterocycles. The number of rotatable bonds is 4. The Bertz CT molecular complexity index is 854. The highest BCUT2D eigenvalue weighted by molar-refractivity contribution is 5.76. The van der Waals surface area contributed by atoms with Gasteiger partial charge in [0.2, 0.25) is 5.91 Å². The first-order valence-electron chi connectivity index (χ1n) is 10.8. The number of carbonyl (C=O) groups is 1. The maximum absolute atomic E-state index is 13.0. The molecule has 2 aliphatic heterocycles. The van der Waals surface area contributed by atoms with Crippen LogP contribution in [0.15, 0.2) is 34.7 Å². The summed E-state index contributed by atoms with van der Waals surface area (Å²) in [6, 6.07) is 10.2. The number of nitrogens with zero attached hydrogens (tertiary/aromatic N) is 2. The summed E-state index contributed by atoms with van der Waals surface area (Å²) in [7, 11) is 0. The number of aromatic nitrogens is 1. The number of piperidine rings is 1. The van der Waals surface area contributed by atoms with Gasteiger partial charge >= 0.3 is 0 Å². The van der Waals surface area contributed by atoms with Gasteiger partial charge in [-0.2, -0.15) is 0 Å². The summed E-state index contributed by atoms with van der Waals surface area (Å²) in [5.74, 6) is 2.37. The normalized spacial score (nSPS) is 21.0. The summed E-state index contributed by atoms with van der Waals surface area (Å²) in [6.07, 6.45) is 4.14. The van der Waals surface area contributed by atoms with Crippen LogP contribution >= 0.6 is 0 Å². The van der Waals surface area contributed by atoms with E-state index in [1.54, 1.807) is 0 Å². The van der Waals surface area contributed by atoms with Crippen molar-refractivity contribution in [2.45, 2.75) is 77.4 Å². The van der Waals surface area contributed by atoms with Gasteiger partial charge in [-0.1, -0.05) is 30.3 Å². The maximum atomic E-state index is 13.0. The van der Waals surface area contributed by atoms with Gasteiger partial charge in [0.15, 0.2) is 5.89 Å². The molecule has 1 aromatic heterocycles. The third-order valence-electron chi connectivity index (χ3n) is 6.06. The minimum atomic E-state index is 0.0697. The second-order valence-corrected chi connectivity index (χ2v) is 10.1. The maximum Gasteiger partial charge on any atom is 0.223 e. The van der Waals surface area contributed by atoms with Crippen molar-refractivity contribution < 1.29 is 9.21 Å². The molecule has 2 aromatic rings. The number of nitrogens with one attached hydrogen (secondary N) is 1. The first-order valence-corrected chi connectivity index (χ1v) is 10.8. The van der Waals surface area contributed by atoms with Gasteiger partial charge in [-0.15, -0.1) is 0 Å². The lowest BCUT2D eigenvalue weighted by atomic mass is 9.74. The third-order valence-corrected chi connectivity index (χ3v) is 6.06. The quantitative estimate of drug-likeness (QED) is 0.847. The van der Waals surface area contributed by atoms with Crippen molar-refractivity contribution in [3.05, 3.63) is 53.2 Å². The standard InChI is InChI=1S/C24H33N3O2/c1-23(2)14-18(15-24(3,4)26-23)13-22(28)27-11-10-20-19(16-27)25-21(29-20)12-17-8-6-5-7-9-17/h5-9,18,26H,10-16H2,1-4H3. The van der Waals surface area contributed by atoms with Crippen molar-refractivity contribution in [2.24, 2.45) is 5.92 Å². The number of hydrogen-bond acceptors (Lipinski definition) is 4. The smallest absolute Gasteiger partial charge is 0.223 e. The highest BCUT2D eigenvalue weighted by Gasteiger charge is 2.39. The Morgan fingerprint density at radius 1 is 1.17 bits per heavy atom. The molecule has 0 saturated carbocycles. The molecular formula is C24H33N3O2. The van der Waals surface area contributed by atoms with Gasteiger partial charge < -0.3 is 14.6 Å². The first-order chi connectivity index (χ1) is 13.7. The number of benzene rings is 1. The zero-order valence-electron chi connectivity index (χ0n) is 18.1. The largest absolute Gasteiger partial charge is 0.445 e. The van der Waals surface area contributed by atoms with Crippen molar-refractivity contribution >= 4 is 5.91 Å². The van der Waals surface area contributed by atoms with Crippen LogP contribution in [0.1, 0.15) is 69.9 Å². The molecule has 0 aliphatic carbocycles. The number of fused-ring (bicyclic) bond motifs is 1. The Morgan fingerprint density at radius 3 is 2.55 bits per heavy atom. The summed E-state index contributed by atoms with van der Waals surface area (Å²) >= 11 is 0. The van der Waals surface area contributed by atoms with E-state index in [1.807, 2.05) is 23.1 Å². The minimum absolute atomic E-state index is 0.0697. The molecule has 3 heterocycles. The minimum Gasteiger partial charge on any atom is -0.445 e. The van der Waals surface area contributed by atoms with Gasteiger partial charge in [0.1, 0.15) is 11.5 Å². The van der Waals surface area contributed by atoms with Crippen LogP contribution in [0.25, 0.3) is 0 Å². The number of oxazole rings is 1. The molecule has 1 aromatic carbocycles. The molecule has 0 unspecified atom stereocenters. The second kappa shape index (κ2) is 7.60. The molecule has 1 fully saturated rings. The molecule has 1 N–H and O–H groups in total. The average molecular weight is 396 g/mol. The highest BCUT2D eigenvalue weighted by Crippen LogP contribution is 2.35. The molecule has 5 heteroatoms. The number of carbonyl (C=O) groups excluding carboxylic acids is 1. The molecule has 2 aliphatic rings. The molecule has 29 heavy (non-hydrogen) atoms. The molecule has 1 amide bonds. The zero-order chi connectivity index (χ0) is 20.6. The van der Waals surface area contributed by atoms with E-state index in [0.717, 1.165) is 43.2 Å². The summed E-state index contributed by atoms with van der Waals surface area (Å²) in [4.78, 5) is 19.7. The van der Waals surface area contributed by atoms with Crippen molar-refractivity contribution in [3.63, 3.8) is 0 Å². The van der Waals surface area contributed by atoms with Gasteiger partial charge in [0.25, 0.3) is 0 Å². The zero-order valence-corrected chi connectivity index (χ0v) is 18.1. The lowest BCUT2D eigenvalue weighted by Crippen LogP contribution is -2.58. The lowest BCUT2D eigenvalue weighted by Gasteiger charge is -2.46. The molecule has 0 atom stereocenters. The van der Waals surface area contributed by atoms with E-state index in [2.05, 4.69) is 45.1 Å². The Labute approximate surface area is 173 Å². The van der Waals surface area contributed by atoms with Crippen molar-refractivity contribution in [3.8, 4) is 0 Å². The predicted octanol–water partition coefficient (Wildman–Crippen LogP) is 4.10. The lowest BCUT2D eigenvalue weighted by molar-refractivity contribution is -0.133. The van der Waals surface area contributed by atoms with Crippen molar-refractivity contribution in [1.29, 1.82) is 0 Å². The third kappa shape index (κ3) is 4.89. The van der Waals surface area contributed by atoms with Crippen LogP contribution in [0.2, 0.25) is 0 Å². The topological polar surface area (TPSA) is 58.4 Å². The van der Waals surface area contributed by atoms with E-state index in [4.69, 9.17) is 9.40 Å². The van der Waals surface area contributed by atoms with E-state index >= 15 is 0 Å². The van der Waals surface area contributed by atoms with Crippen LogP contribution in [0.3, 0.4) is 0 Å². The van der Waals surface area contributed by atoms with Crippen LogP contribution in [0, 0.1) is 5.92 Å². The molecule has 4 rings (SSSR count). The van der Waals surface area contributed by atoms with Crippen LogP contribution in [0.5, 0.6) is 0 Å². The van der Waals surface area contributed by atoms with Crippen molar-refractivity contribution in [2.75, 3.05) is 6.54 Å². The van der Waals surface area contributed by atoms with Crippen LogP contribution in [-0.2, 0) is 24.2 Å². The predicted molar refractivity (Wildman–Crippen MR) is 114 cm³/mol. The van der Waals surface area contributed by atoms with Crippen LogP contribution in [-0.4, -0.2) is 33.4 Å². The summed E-state index contributed by atoms with van der Waals surface area (Å²) < 4.78 is 5.99. The van der Waals surface area contributed by atoms with Crippen LogP contribution < -0.4 is 5.32 Å². The number of amides is 1. The van der Waals surface area contributed by atoms with E-state index < -0.39 is 0 Å². The molecule has 156 valence electrons. The average Bonchev–Trinajstić information content (AvgIpc) is 3.01. The van der Waals surface area contributed by atoms with Gasteiger partial charge in [-0.05, 0) is 52.0 Å². The Kier molecular flexibility index (Phi) is 5.28. The van der Waals surface area contributed by atoms with Gasteiger partial charge in [-0.25, -0.2) is 4.98 Å². The van der Waals surface area contributed by atoms with Gasteiger partial charge in [0, 0.05) is 36.9 Å². The second-order valence-electron chi connectivity index (χ2n) is 10.1. The molecule has 0 bridgehead atoms. The fourth-order valence-electron chi connectivity index (χ4n) is 5.37. The van der Waals surface area contributed by atoms with E-state index in [-0.39, 0.29) is 17.0 Å². The number of hydrogen-bond donors (Lipinski definition) is 1. The van der Waals surface area contributed by atoms with E-state index in [9.17, 15) is 4.79 Å².